The van der Waals surface area contributed by atoms with Crippen LogP contribution < -0.4 is 5.73 Å². The summed E-state index contributed by atoms with van der Waals surface area (Å²) >= 11 is 0. The second-order valence-corrected chi connectivity index (χ2v) is 4.26. The maximum absolute atomic E-state index is 12.1. The average Bonchev–Trinajstić information content (AvgIpc) is 2.35. The molecule has 0 spiro atoms. The number of hydrogen-bond donors (Lipinski definition) is 1. The maximum Gasteiger partial charge on any atom is 0.446 e. The van der Waals surface area contributed by atoms with Gasteiger partial charge in [0.25, 0.3) is 5.84 Å². The molecule has 0 aromatic heterocycles. The van der Waals surface area contributed by atoms with Crippen molar-refractivity contribution in [2.24, 2.45) is 10.7 Å². The van der Waals surface area contributed by atoms with Gasteiger partial charge < -0.3 is 5.73 Å². The van der Waals surface area contributed by atoms with Crippen molar-refractivity contribution in [1.82, 2.24) is 4.90 Å². The molecule has 7 heteroatoms. The van der Waals surface area contributed by atoms with Gasteiger partial charge in [0.2, 0.25) is 11.6 Å². The first kappa shape index (κ1) is 15.0. The minimum Gasteiger partial charge on any atom is -0.316 e. The van der Waals surface area contributed by atoms with Gasteiger partial charge in [-0.15, -0.1) is 0 Å². The molecule has 4 amide bonds. The predicted octanol–water partition coefficient (Wildman–Crippen LogP) is 0.126. The van der Waals surface area contributed by atoms with Crippen LogP contribution in [0.15, 0.2) is 4.99 Å². The Labute approximate surface area is 111 Å². The fraction of sp³-hybridized carbons (Fsp3) is 0.583. The fourth-order valence-electron chi connectivity index (χ4n) is 1.82. The SMILES string of the molecule is CCCN1C(=O)C(=NC(C)=O)C(N)=[N+](CCC)C1=O. The van der Waals surface area contributed by atoms with Crippen molar-refractivity contribution in [3.63, 3.8) is 0 Å². The number of carbonyl (C=O) groups is 3. The Hall–Kier alpha value is -2.05. The highest BCUT2D eigenvalue weighted by atomic mass is 16.2. The van der Waals surface area contributed by atoms with Crippen molar-refractivity contribution in [2.75, 3.05) is 13.1 Å². The number of aliphatic imine (C=N–C) groups is 1. The van der Waals surface area contributed by atoms with Crippen LogP contribution in [0.4, 0.5) is 4.79 Å². The molecule has 0 saturated carbocycles. The number of urea groups is 1. The van der Waals surface area contributed by atoms with Gasteiger partial charge in [0, 0.05) is 6.92 Å². The molecule has 1 aliphatic heterocycles. The Bertz CT molecular complexity index is 479. The molecule has 7 nitrogen and oxygen atoms in total. The van der Waals surface area contributed by atoms with E-state index in [1.54, 1.807) is 0 Å². The lowest BCUT2D eigenvalue weighted by Crippen LogP contribution is -2.58. The Kier molecular flexibility index (Phi) is 4.91. The molecule has 0 unspecified atom stereocenters. The van der Waals surface area contributed by atoms with Gasteiger partial charge in [0.05, 0.1) is 13.1 Å². The molecule has 1 rings (SSSR count). The summed E-state index contributed by atoms with van der Waals surface area (Å²) in [5.41, 5.74) is 5.64. The van der Waals surface area contributed by atoms with Crippen molar-refractivity contribution in [3.05, 3.63) is 0 Å². The first-order valence-electron chi connectivity index (χ1n) is 6.29. The van der Waals surface area contributed by atoms with Crippen LogP contribution >= 0.6 is 0 Å². The third kappa shape index (κ3) is 3.04. The number of imide groups is 1. The van der Waals surface area contributed by atoms with Crippen LogP contribution in [-0.4, -0.2) is 52.0 Å². The average molecular weight is 267 g/mol. The van der Waals surface area contributed by atoms with Crippen molar-refractivity contribution < 1.29 is 19.0 Å². The Morgan fingerprint density at radius 3 is 2.42 bits per heavy atom. The number of hydrogen-bond acceptors (Lipinski definition) is 4. The summed E-state index contributed by atoms with van der Waals surface area (Å²) in [5.74, 6) is -1.17. The molecule has 2 N–H and O–H groups in total. The topological polar surface area (TPSA) is 95.8 Å². The lowest BCUT2D eigenvalue weighted by molar-refractivity contribution is -0.436. The predicted molar refractivity (Wildman–Crippen MR) is 70.1 cm³/mol. The van der Waals surface area contributed by atoms with Gasteiger partial charge in [-0.25, -0.2) is 9.59 Å². The Balaban J connectivity index is 3.34. The highest BCUT2D eigenvalue weighted by Crippen LogP contribution is 2.07. The van der Waals surface area contributed by atoms with Crippen LogP contribution in [0.5, 0.6) is 0 Å². The van der Waals surface area contributed by atoms with Crippen molar-refractivity contribution in [3.8, 4) is 0 Å². The zero-order valence-corrected chi connectivity index (χ0v) is 11.5. The first-order valence-corrected chi connectivity index (χ1v) is 6.29. The molecule has 0 saturated heterocycles. The molecule has 0 atom stereocenters. The lowest BCUT2D eigenvalue weighted by atomic mass is 10.2. The number of nitrogens with two attached hydrogens (primary N) is 1. The van der Waals surface area contributed by atoms with Crippen LogP contribution in [0.3, 0.4) is 0 Å². The minimum absolute atomic E-state index is 0.0422. The molecule has 0 aliphatic carbocycles. The van der Waals surface area contributed by atoms with E-state index in [9.17, 15) is 14.4 Å². The first-order chi connectivity index (χ1) is 8.93. The van der Waals surface area contributed by atoms with Crippen molar-refractivity contribution in [1.29, 1.82) is 0 Å². The molecule has 0 aromatic carbocycles. The van der Waals surface area contributed by atoms with E-state index in [1.807, 2.05) is 13.8 Å². The Morgan fingerprint density at radius 2 is 1.95 bits per heavy atom. The standard InChI is InChI=1S/C12H18N4O3/c1-4-6-15-10(13)9(14-8(3)17)11(18)16(7-5-2)12(15)19/h13H,4-7H2,1-3H3/p+1. The number of amidine groups is 1. The third-order valence-electron chi connectivity index (χ3n) is 2.61. The third-order valence-corrected chi connectivity index (χ3v) is 2.61. The zero-order chi connectivity index (χ0) is 14.6. The van der Waals surface area contributed by atoms with Gasteiger partial charge in [-0.05, 0) is 12.8 Å². The molecular formula is C12H19N4O3+. The quantitative estimate of drug-likeness (QED) is 0.732. The van der Waals surface area contributed by atoms with E-state index in [1.165, 1.54) is 11.5 Å². The highest BCUT2D eigenvalue weighted by molar-refractivity contribution is 6.67. The fourth-order valence-corrected chi connectivity index (χ4v) is 1.82. The van der Waals surface area contributed by atoms with Gasteiger partial charge in [-0.3, -0.25) is 4.79 Å². The second-order valence-electron chi connectivity index (χ2n) is 4.26. The van der Waals surface area contributed by atoms with E-state index in [4.69, 9.17) is 5.73 Å². The second kappa shape index (κ2) is 6.21. The van der Waals surface area contributed by atoms with E-state index in [0.717, 1.165) is 4.90 Å². The number of nitrogens with zero attached hydrogens (tertiary/aromatic N) is 3. The number of rotatable bonds is 4. The molecular weight excluding hydrogens is 248 g/mol. The highest BCUT2D eigenvalue weighted by Gasteiger charge is 2.42. The Morgan fingerprint density at radius 1 is 1.32 bits per heavy atom. The van der Waals surface area contributed by atoms with Crippen LogP contribution in [0, 0.1) is 0 Å². The summed E-state index contributed by atoms with van der Waals surface area (Å²) in [6.45, 7) is 5.65. The van der Waals surface area contributed by atoms with E-state index in [0.29, 0.717) is 19.4 Å². The van der Waals surface area contributed by atoms with Crippen LogP contribution in [-0.2, 0) is 9.59 Å². The maximum atomic E-state index is 12.1. The van der Waals surface area contributed by atoms with Gasteiger partial charge in [-0.2, -0.15) is 14.5 Å². The summed E-state index contributed by atoms with van der Waals surface area (Å²) in [5, 5.41) is 0. The molecule has 19 heavy (non-hydrogen) atoms. The summed E-state index contributed by atoms with van der Waals surface area (Å²) in [4.78, 5) is 40.1. The summed E-state index contributed by atoms with van der Waals surface area (Å²) in [6.07, 6.45) is 1.32. The van der Waals surface area contributed by atoms with Crippen molar-refractivity contribution >= 4 is 29.4 Å². The van der Waals surface area contributed by atoms with E-state index in [-0.39, 0.29) is 18.1 Å². The van der Waals surface area contributed by atoms with Gasteiger partial charge in [0.1, 0.15) is 0 Å². The largest absolute Gasteiger partial charge is 0.446 e. The monoisotopic (exact) mass is 267 g/mol. The van der Waals surface area contributed by atoms with Crippen LogP contribution in [0.1, 0.15) is 33.6 Å². The molecule has 104 valence electrons. The van der Waals surface area contributed by atoms with Gasteiger partial charge in [0.15, 0.2) is 0 Å². The number of amides is 4. The molecule has 1 aliphatic rings. The smallest absolute Gasteiger partial charge is 0.316 e. The van der Waals surface area contributed by atoms with E-state index >= 15 is 0 Å². The molecule has 0 radical (unpaired) electrons. The van der Waals surface area contributed by atoms with E-state index < -0.39 is 17.8 Å². The van der Waals surface area contributed by atoms with Crippen LogP contribution in [0.25, 0.3) is 0 Å². The number of carbonyl (C=O) groups excluding carboxylic acids is 3. The molecule has 0 bridgehead atoms. The molecule has 1 heterocycles. The summed E-state index contributed by atoms with van der Waals surface area (Å²) in [6, 6.07) is -0.450. The van der Waals surface area contributed by atoms with Crippen molar-refractivity contribution in [2.45, 2.75) is 33.6 Å². The summed E-state index contributed by atoms with van der Waals surface area (Å²) < 4.78 is 1.29. The minimum atomic E-state index is -0.605. The van der Waals surface area contributed by atoms with Crippen LogP contribution in [0.2, 0.25) is 0 Å². The van der Waals surface area contributed by atoms with Gasteiger partial charge >= 0.3 is 11.9 Å². The zero-order valence-electron chi connectivity index (χ0n) is 11.5. The normalized spacial score (nSPS) is 18.5. The van der Waals surface area contributed by atoms with Gasteiger partial charge in [-0.1, -0.05) is 13.8 Å². The van der Waals surface area contributed by atoms with E-state index in [2.05, 4.69) is 4.99 Å². The molecule has 0 aromatic rings. The lowest BCUT2D eigenvalue weighted by Gasteiger charge is -2.22. The summed E-state index contributed by atoms with van der Waals surface area (Å²) in [7, 11) is 0. The molecule has 0 fully saturated rings.